The van der Waals surface area contributed by atoms with Crippen LogP contribution in [0.15, 0.2) is 29.3 Å². The summed E-state index contributed by atoms with van der Waals surface area (Å²) in [4.78, 5) is 33.0. The van der Waals surface area contributed by atoms with Crippen LogP contribution in [0.1, 0.15) is 25.3 Å². The maximum atomic E-state index is 12.6. The molecule has 0 bridgehead atoms. The first-order valence-electron chi connectivity index (χ1n) is 10.4. The number of carbonyl (C=O) groups is 2. The minimum atomic E-state index is 0. The van der Waals surface area contributed by atoms with E-state index in [0.717, 1.165) is 44.0 Å². The van der Waals surface area contributed by atoms with E-state index in [1.807, 2.05) is 36.1 Å². The van der Waals surface area contributed by atoms with Gasteiger partial charge in [0.25, 0.3) is 0 Å². The van der Waals surface area contributed by atoms with Crippen LogP contribution in [0.2, 0.25) is 5.02 Å². The van der Waals surface area contributed by atoms with Gasteiger partial charge in [0, 0.05) is 50.2 Å². The summed E-state index contributed by atoms with van der Waals surface area (Å²) in [7, 11) is 0. The predicted octanol–water partition coefficient (Wildman–Crippen LogP) is 2.14. The summed E-state index contributed by atoms with van der Waals surface area (Å²) >= 11 is 6.01. The monoisotopic (exact) mass is 547 g/mol. The number of piperazine rings is 1. The topological polar surface area (TPSA) is 77.0 Å². The summed E-state index contributed by atoms with van der Waals surface area (Å²) in [6.45, 7) is 6.74. The highest BCUT2D eigenvalue weighted by Crippen LogP contribution is 2.28. The van der Waals surface area contributed by atoms with Crippen molar-refractivity contribution >= 4 is 53.4 Å². The van der Waals surface area contributed by atoms with Crippen LogP contribution in [0, 0.1) is 5.92 Å². The lowest BCUT2D eigenvalue weighted by Gasteiger charge is -2.36. The highest BCUT2D eigenvalue weighted by molar-refractivity contribution is 14.0. The number of guanidine groups is 1. The fraction of sp³-hybridized carbons (Fsp3) is 0.571. The van der Waals surface area contributed by atoms with Crippen molar-refractivity contribution in [3.8, 4) is 0 Å². The van der Waals surface area contributed by atoms with Gasteiger partial charge in [-0.2, -0.15) is 0 Å². The van der Waals surface area contributed by atoms with Gasteiger partial charge in [0.15, 0.2) is 5.96 Å². The van der Waals surface area contributed by atoms with Crippen molar-refractivity contribution in [2.75, 3.05) is 45.8 Å². The van der Waals surface area contributed by atoms with E-state index in [1.165, 1.54) is 0 Å². The highest BCUT2D eigenvalue weighted by atomic mass is 127. The molecule has 1 aromatic rings. The number of amides is 2. The molecule has 0 atom stereocenters. The Bertz CT molecular complexity index is 749. The molecule has 1 saturated heterocycles. The lowest BCUT2D eigenvalue weighted by molar-refractivity contribution is -0.131. The number of benzene rings is 1. The molecule has 1 aromatic carbocycles. The second-order valence-electron chi connectivity index (χ2n) is 7.48. The van der Waals surface area contributed by atoms with Gasteiger partial charge in [-0.25, -0.2) is 0 Å². The molecule has 166 valence electrons. The molecular weight excluding hydrogens is 517 g/mol. The van der Waals surface area contributed by atoms with Gasteiger partial charge in [-0.3, -0.25) is 14.6 Å². The molecule has 2 amide bonds. The molecule has 1 aliphatic heterocycles. The molecule has 0 aromatic heterocycles. The van der Waals surface area contributed by atoms with Crippen LogP contribution in [0.25, 0.3) is 0 Å². The van der Waals surface area contributed by atoms with E-state index < -0.39 is 0 Å². The lowest BCUT2D eigenvalue weighted by Crippen LogP contribution is -2.54. The molecular formula is C21H31ClIN5O2. The van der Waals surface area contributed by atoms with Gasteiger partial charge in [0.05, 0.1) is 13.0 Å². The summed E-state index contributed by atoms with van der Waals surface area (Å²) < 4.78 is 0. The minimum absolute atomic E-state index is 0. The Kier molecular flexibility index (Phi) is 10.2. The highest BCUT2D eigenvalue weighted by Gasteiger charge is 2.29. The van der Waals surface area contributed by atoms with Gasteiger partial charge in [-0.1, -0.05) is 23.7 Å². The number of nitrogens with zero attached hydrogens (tertiary/aromatic N) is 3. The number of hydrogen-bond acceptors (Lipinski definition) is 3. The van der Waals surface area contributed by atoms with E-state index in [-0.39, 0.29) is 41.7 Å². The van der Waals surface area contributed by atoms with Crippen molar-refractivity contribution < 1.29 is 9.59 Å². The van der Waals surface area contributed by atoms with Crippen molar-refractivity contribution in [3.63, 3.8) is 0 Å². The van der Waals surface area contributed by atoms with E-state index in [1.54, 1.807) is 0 Å². The molecule has 1 saturated carbocycles. The fourth-order valence-corrected chi connectivity index (χ4v) is 3.57. The van der Waals surface area contributed by atoms with E-state index >= 15 is 0 Å². The Morgan fingerprint density at radius 3 is 2.47 bits per heavy atom. The number of aliphatic imine (C=N–C) groups is 1. The number of hydrogen-bond donors (Lipinski definition) is 2. The third kappa shape index (κ3) is 7.61. The number of rotatable bonds is 7. The zero-order valence-corrected chi connectivity index (χ0v) is 20.5. The van der Waals surface area contributed by atoms with Gasteiger partial charge >= 0.3 is 0 Å². The van der Waals surface area contributed by atoms with Gasteiger partial charge < -0.3 is 20.4 Å². The maximum Gasteiger partial charge on any atom is 0.227 e. The van der Waals surface area contributed by atoms with Gasteiger partial charge in [-0.05, 0) is 37.5 Å². The molecule has 0 spiro atoms. The van der Waals surface area contributed by atoms with Gasteiger partial charge in [0.2, 0.25) is 11.8 Å². The average molecular weight is 548 g/mol. The Morgan fingerprint density at radius 2 is 1.83 bits per heavy atom. The Hall–Kier alpha value is -1.55. The number of halogens is 2. The molecule has 0 unspecified atom stereocenters. The van der Waals surface area contributed by atoms with Crippen molar-refractivity contribution in [1.29, 1.82) is 0 Å². The van der Waals surface area contributed by atoms with E-state index in [9.17, 15) is 9.59 Å². The summed E-state index contributed by atoms with van der Waals surface area (Å²) in [6.07, 6.45) is 2.39. The zero-order valence-electron chi connectivity index (χ0n) is 17.4. The Labute approximate surface area is 200 Å². The molecule has 3 rings (SSSR count). The molecule has 0 radical (unpaired) electrons. The molecule has 1 heterocycles. The first-order chi connectivity index (χ1) is 14.1. The van der Waals surface area contributed by atoms with Crippen LogP contribution in [0.4, 0.5) is 0 Å². The maximum absolute atomic E-state index is 12.6. The normalized spacial score (nSPS) is 16.7. The second-order valence-corrected chi connectivity index (χ2v) is 7.91. The van der Waals surface area contributed by atoms with Gasteiger partial charge in [-0.15, -0.1) is 24.0 Å². The van der Waals surface area contributed by atoms with Crippen LogP contribution in [0.5, 0.6) is 0 Å². The van der Waals surface area contributed by atoms with Crippen LogP contribution in [0.3, 0.4) is 0 Å². The zero-order chi connectivity index (χ0) is 20.6. The third-order valence-corrected chi connectivity index (χ3v) is 5.37. The summed E-state index contributed by atoms with van der Waals surface area (Å²) in [5.74, 6) is 1.34. The fourth-order valence-electron chi connectivity index (χ4n) is 3.36. The largest absolute Gasteiger partial charge is 0.357 e. The Balaban J connectivity index is 0.00000320. The van der Waals surface area contributed by atoms with Crippen molar-refractivity contribution in [3.05, 3.63) is 34.9 Å². The minimum Gasteiger partial charge on any atom is -0.357 e. The second kappa shape index (κ2) is 12.3. The molecule has 2 fully saturated rings. The van der Waals surface area contributed by atoms with Crippen LogP contribution in [-0.2, 0) is 16.0 Å². The number of nitrogens with one attached hydrogen (secondary N) is 2. The third-order valence-electron chi connectivity index (χ3n) is 5.13. The predicted molar refractivity (Wildman–Crippen MR) is 130 cm³/mol. The first-order valence-corrected chi connectivity index (χ1v) is 10.8. The van der Waals surface area contributed by atoms with Crippen molar-refractivity contribution in [2.45, 2.75) is 26.2 Å². The quantitative estimate of drug-likeness (QED) is 0.237. The summed E-state index contributed by atoms with van der Waals surface area (Å²) in [6, 6.07) is 7.45. The summed E-state index contributed by atoms with van der Waals surface area (Å²) in [5, 5.41) is 6.90. The molecule has 1 aliphatic carbocycles. The van der Waals surface area contributed by atoms with Crippen molar-refractivity contribution in [2.24, 2.45) is 10.9 Å². The molecule has 2 aliphatic rings. The van der Waals surface area contributed by atoms with E-state index in [4.69, 9.17) is 11.6 Å². The molecule has 7 nitrogen and oxygen atoms in total. The van der Waals surface area contributed by atoms with Gasteiger partial charge in [0.1, 0.15) is 0 Å². The SMILES string of the molecule is CCNC(=NCCNC(=O)C1CC1)N1CCN(C(=O)Cc2cccc(Cl)c2)CC1.I. The standard InChI is InChI=1S/C21H30ClN5O2.HI/c1-2-23-21(25-9-8-24-20(29)17-6-7-17)27-12-10-26(11-13-27)19(28)15-16-4-3-5-18(22)14-16;/h3-5,14,17H,2,6-13,15H2,1H3,(H,23,25)(H,24,29);1H. The summed E-state index contributed by atoms with van der Waals surface area (Å²) in [5.41, 5.74) is 0.938. The first kappa shape index (κ1) is 24.7. The molecule has 30 heavy (non-hydrogen) atoms. The molecule has 9 heteroatoms. The van der Waals surface area contributed by atoms with E-state index in [0.29, 0.717) is 37.6 Å². The Morgan fingerprint density at radius 1 is 1.13 bits per heavy atom. The molecule has 2 N–H and O–H groups in total. The van der Waals surface area contributed by atoms with Crippen LogP contribution < -0.4 is 10.6 Å². The van der Waals surface area contributed by atoms with Crippen LogP contribution in [-0.4, -0.2) is 73.4 Å². The van der Waals surface area contributed by atoms with Crippen molar-refractivity contribution in [1.82, 2.24) is 20.4 Å². The van der Waals surface area contributed by atoms with Crippen LogP contribution >= 0.6 is 35.6 Å². The van der Waals surface area contributed by atoms with E-state index in [2.05, 4.69) is 20.5 Å². The lowest BCUT2D eigenvalue weighted by atomic mass is 10.1. The number of carbonyl (C=O) groups excluding carboxylic acids is 2. The average Bonchev–Trinajstić information content (AvgIpc) is 3.56. The smallest absolute Gasteiger partial charge is 0.227 e.